The summed E-state index contributed by atoms with van der Waals surface area (Å²) in [5, 5.41) is 3.40. The van der Waals surface area contributed by atoms with Crippen molar-refractivity contribution < 1.29 is 4.39 Å². The Kier molecular flexibility index (Phi) is 4.11. The standard InChI is InChI=1S/C16H18FN/c1-3-18-16(13-7-4-6-12(2)10-13)14-8-5-9-15(17)11-14/h4-11,16,18H,3H2,1-2H3. The fourth-order valence-electron chi connectivity index (χ4n) is 2.17. The van der Waals surface area contributed by atoms with Crippen molar-refractivity contribution in [2.45, 2.75) is 19.9 Å². The highest BCUT2D eigenvalue weighted by molar-refractivity contribution is 5.34. The molecule has 0 saturated heterocycles. The third-order valence-electron chi connectivity index (χ3n) is 2.97. The van der Waals surface area contributed by atoms with E-state index in [-0.39, 0.29) is 11.9 Å². The van der Waals surface area contributed by atoms with Gasteiger partial charge in [-0.15, -0.1) is 0 Å². The molecular formula is C16H18FN. The lowest BCUT2D eigenvalue weighted by atomic mass is 9.97. The molecule has 94 valence electrons. The van der Waals surface area contributed by atoms with E-state index in [4.69, 9.17) is 0 Å². The predicted octanol–water partition coefficient (Wildman–Crippen LogP) is 3.83. The van der Waals surface area contributed by atoms with Crippen molar-refractivity contribution in [1.82, 2.24) is 5.32 Å². The molecule has 0 aromatic heterocycles. The molecule has 1 atom stereocenters. The molecule has 1 nitrogen and oxygen atoms in total. The molecule has 2 aromatic rings. The van der Waals surface area contributed by atoms with Crippen molar-refractivity contribution in [3.8, 4) is 0 Å². The topological polar surface area (TPSA) is 12.0 Å². The zero-order chi connectivity index (χ0) is 13.0. The first-order chi connectivity index (χ1) is 8.70. The maximum absolute atomic E-state index is 13.3. The van der Waals surface area contributed by atoms with Crippen LogP contribution in [0.3, 0.4) is 0 Å². The number of aryl methyl sites for hydroxylation is 1. The Hall–Kier alpha value is -1.67. The van der Waals surface area contributed by atoms with Gasteiger partial charge in [0.1, 0.15) is 5.82 Å². The van der Waals surface area contributed by atoms with Gasteiger partial charge in [-0.2, -0.15) is 0 Å². The first-order valence-corrected chi connectivity index (χ1v) is 6.26. The van der Waals surface area contributed by atoms with E-state index in [2.05, 4.69) is 37.4 Å². The van der Waals surface area contributed by atoms with Gasteiger partial charge in [-0.25, -0.2) is 4.39 Å². The maximum atomic E-state index is 13.3. The Morgan fingerprint density at radius 3 is 2.33 bits per heavy atom. The highest BCUT2D eigenvalue weighted by Crippen LogP contribution is 2.23. The number of rotatable bonds is 4. The number of hydrogen-bond donors (Lipinski definition) is 1. The summed E-state index contributed by atoms with van der Waals surface area (Å²) in [4.78, 5) is 0. The van der Waals surface area contributed by atoms with Gasteiger partial charge in [-0.3, -0.25) is 0 Å². The molecule has 0 bridgehead atoms. The first kappa shape index (κ1) is 12.8. The second-order valence-electron chi connectivity index (χ2n) is 4.46. The maximum Gasteiger partial charge on any atom is 0.123 e. The summed E-state index contributed by atoms with van der Waals surface area (Å²) >= 11 is 0. The average molecular weight is 243 g/mol. The third kappa shape index (κ3) is 2.96. The van der Waals surface area contributed by atoms with Crippen LogP contribution < -0.4 is 5.32 Å². The van der Waals surface area contributed by atoms with Gasteiger partial charge >= 0.3 is 0 Å². The molecule has 2 aromatic carbocycles. The number of halogens is 1. The van der Waals surface area contributed by atoms with Crippen molar-refractivity contribution in [2.24, 2.45) is 0 Å². The number of nitrogens with one attached hydrogen (secondary N) is 1. The fraction of sp³-hybridized carbons (Fsp3) is 0.250. The lowest BCUT2D eigenvalue weighted by Crippen LogP contribution is -2.22. The second-order valence-corrected chi connectivity index (χ2v) is 4.46. The Bertz CT molecular complexity index is 477. The van der Waals surface area contributed by atoms with Crippen LogP contribution in [0.25, 0.3) is 0 Å². The van der Waals surface area contributed by atoms with Crippen molar-refractivity contribution in [3.05, 3.63) is 71.0 Å². The molecule has 0 radical (unpaired) electrons. The second kappa shape index (κ2) is 5.78. The van der Waals surface area contributed by atoms with E-state index in [1.165, 1.54) is 17.2 Å². The summed E-state index contributed by atoms with van der Waals surface area (Å²) in [6.45, 7) is 4.97. The molecular weight excluding hydrogens is 225 g/mol. The molecule has 0 aliphatic heterocycles. The molecule has 0 amide bonds. The van der Waals surface area contributed by atoms with Gasteiger partial charge in [0.2, 0.25) is 0 Å². The van der Waals surface area contributed by atoms with Crippen LogP contribution in [0.2, 0.25) is 0 Å². The van der Waals surface area contributed by atoms with Crippen LogP contribution in [-0.4, -0.2) is 6.54 Å². The van der Waals surface area contributed by atoms with E-state index < -0.39 is 0 Å². The normalized spacial score (nSPS) is 12.4. The van der Waals surface area contributed by atoms with Crippen LogP contribution in [-0.2, 0) is 0 Å². The largest absolute Gasteiger partial charge is 0.307 e. The van der Waals surface area contributed by atoms with Crippen molar-refractivity contribution >= 4 is 0 Å². The highest BCUT2D eigenvalue weighted by Gasteiger charge is 2.13. The Morgan fingerprint density at radius 1 is 1.06 bits per heavy atom. The zero-order valence-corrected chi connectivity index (χ0v) is 10.8. The minimum absolute atomic E-state index is 0.0469. The minimum Gasteiger partial charge on any atom is -0.307 e. The van der Waals surface area contributed by atoms with Crippen LogP contribution in [0.4, 0.5) is 4.39 Å². The van der Waals surface area contributed by atoms with Crippen LogP contribution >= 0.6 is 0 Å². The summed E-state index contributed by atoms with van der Waals surface area (Å²) < 4.78 is 13.3. The van der Waals surface area contributed by atoms with Crippen LogP contribution in [0.1, 0.15) is 29.7 Å². The smallest absolute Gasteiger partial charge is 0.123 e. The Balaban J connectivity index is 2.39. The van der Waals surface area contributed by atoms with Gasteiger partial charge in [0.15, 0.2) is 0 Å². The third-order valence-corrected chi connectivity index (χ3v) is 2.97. The van der Waals surface area contributed by atoms with Crippen molar-refractivity contribution in [1.29, 1.82) is 0 Å². The monoisotopic (exact) mass is 243 g/mol. The molecule has 2 rings (SSSR count). The lowest BCUT2D eigenvalue weighted by molar-refractivity contribution is 0.603. The first-order valence-electron chi connectivity index (χ1n) is 6.26. The SMILES string of the molecule is CCNC(c1cccc(C)c1)c1cccc(F)c1. The van der Waals surface area contributed by atoms with Crippen LogP contribution in [0, 0.1) is 12.7 Å². The van der Waals surface area contributed by atoms with E-state index >= 15 is 0 Å². The molecule has 0 fully saturated rings. The van der Waals surface area contributed by atoms with Crippen molar-refractivity contribution in [2.75, 3.05) is 6.54 Å². The highest BCUT2D eigenvalue weighted by atomic mass is 19.1. The molecule has 18 heavy (non-hydrogen) atoms. The number of benzene rings is 2. The Morgan fingerprint density at radius 2 is 1.72 bits per heavy atom. The summed E-state index contributed by atoms with van der Waals surface area (Å²) in [5.41, 5.74) is 3.34. The van der Waals surface area contributed by atoms with Crippen LogP contribution in [0.5, 0.6) is 0 Å². The molecule has 0 saturated carbocycles. The van der Waals surface area contributed by atoms with E-state index in [1.54, 1.807) is 12.1 Å². The van der Waals surface area contributed by atoms with Gasteiger partial charge in [-0.1, -0.05) is 48.9 Å². The van der Waals surface area contributed by atoms with Gasteiger partial charge in [0, 0.05) is 0 Å². The number of hydrogen-bond acceptors (Lipinski definition) is 1. The van der Waals surface area contributed by atoms with E-state index in [0.717, 1.165) is 12.1 Å². The van der Waals surface area contributed by atoms with Gasteiger partial charge in [0.05, 0.1) is 6.04 Å². The van der Waals surface area contributed by atoms with E-state index in [0.29, 0.717) is 0 Å². The molecule has 1 N–H and O–H groups in total. The van der Waals surface area contributed by atoms with Gasteiger partial charge < -0.3 is 5.32 Å². The summed E-state index contributed by atoms with van der Waals surface area (Å²) in [6.07, 6.45) is 0. The minimum atomic E-state index is -0.192. The van der Waals surface area contributed by atoms with E-state index in [1.807, 2.05) is 12.1 Å². The fourth-order valence-corrected chi connectivity index (χ4v) is 2.17. The van der Waals surface area contributed by atoms with Gasteiger partial charge in [0.25, 0.3) is 0 Å². The molecule has 0 heterocycles. The van der Waals surface area contributed by atoms with Gasteiger partial charge in [-0.05, 0) is 36.7 Å². The molecule has 2 heteroatoms. The Labute approximate surface area is 108 Å². The van der Waals surface area contributed by atoms with E-state index in [9.17, 15) is 4.39 Å². The quantitative estimate of drug-likeness (QED) is 0.860. The lowest BCUT2D eigenvalue weighted by Gasteiger charge is -2.19. The van der Waals surface area contributed by atoms with Crippen molar-refractivity contribution in [3.63, 3.8) is 0 Å². The zero-order valence-electron chi connectivity index (χ0n) is 10.8. The average Bonchev–Trinajstić information content (AvgIpc) is 2.36. The summed E-state index contributed by atoms with van der Waals surface area (Å²) in [7, 11) is 0. The molecule has 0 aliphatic rings. The van der Waals surface area contributed by atoms with Crippen LogP contribution in [0.15, 0.2) is 48.5 Å². The summed E-state index contributed by atoms with van der Waals surface area (Å²) in [6, 6.07) is 15.1. The molecule has 0 aliphatic carbocycles. The molecule has 1 unspecified atom stereocenters. The summed E-state index contributed by atoms with van der Waals surface area (Å²) in [5.74, 6) is -0.192. The predicted molar refractivity (Wildman–Crippen MR) is 73.1 cm³/mol. The molecule has 0 spiro atoms.